The van der Waals surface area contributed by atoms with E-state index in [4.69, 9.17) is 10.8 Å². The van der Waals surface area contributed by atoms with Crippen molar-refractivity contribution in [2.45, 2.75) is 12.5 Å². The van der Waals surface area contributed by atoms with E-state index in [0.29, 0.717) is 6.42 Å². The van der Waals surface area contributed by atoms with Crippen LogP contribution >= 0.6 is 0 Å². The van der Waals surface area contributed by atoms with Gasteiger partial charge >= 0.3 is 5.97 Å². The molecule has 0 aromatic heterocycles. The predicted molar refractivity (Wildman–Crippen MR) is 51.5 cm³/mol. The third kappa shape index (κ3) is 4.90. The zero-order valence-electron chi connectivity index (χ0n) is 7.60. The Balaban J connectivity index is 0.00000144. The molecule has 1 radical (unpaired) electrons. The SMILES string of the molecule is N[C@@H](Cc1ccccc1)C(=O)O.[K]. The number of carboxylic acids is 1. The van der Waals surface area contributed by atoms with Crippen LogP contribution in [0.1, 0.15) is 5.56 Å². The van der Waals surface area contributed by atoms with E-state index in [1.807, 2.05) is 30.3 Å². The normalized spacial score (nSPS) is 11.5. The first kappa shape index (κ1) is 13.3. The minimum absolute atomic E-state index is 0. The van der Waals surface area contributed by atoms with Crippen LogP contribution in [0.3, 0.4) is 0 Å². The summed E-state index contributed by atoms with van der Waals surface area (Å²) in [7, 11) is 0. The van der Waals surface area contributed by atoms with Crippen molar-refractivity contribution in [3.05, 3.63) is 35.9 Å². The van der Waals surface area contributed by atoms with Gasteiger partial charge in [-0.1, -0.05) is 30.3 Å². The van der Waals surface area contributed by atoms with Crippen molar-refractivity contribution >= 4 is 57.4 Å². The zero-order valence-corrected chi connectivity index (χ0v) is 10.7. The van der Waals surface area contributed by atoms with E-state index in [1.54, 1.807) is 0 Å². The van der Waals surface area contributed by atoms with Gasteiger partial charge in [0.2, 0.25) is 0 Å². The predicted octanol–water partition coefficient (Wildman–Crippen LogP) is 0.260. The molecule has 0 aliphatic heterocycles. The molecule has 0 fully saturated rings. The number of nitrogens with two attached hydrogens (primary N) is 1. The third-order valence-electron chi connectivity index (χ3n) is 1.62. The van der Waals surface area contributed by atoms with Crippen molar-refractivity contribution < 1.29 is 9.90 Å². The Kier molecular flexibility index (Phi) is 6.85. The first-order valence-electron chi connectivity index (χ1n) is 3.72. The Morgan fingerprint density at radius 1 is 1.38 bits per heavy atom. The number of carboxylic acid groups (broad SMARTS) is 1. The van der Waals surface area contributed by atoms with Crippen molar-refractivity contribution in [1.82, 2.24) is 0 Å². The van der Waals surface area contributed by atoms with Crippen LogP contribution in [0.25, 0.3) is 0 Å². The van der Waals surface area contributed by atoms with Gasteiger partial charge < -0.3 is 10.8 Å². The monoisotopic (exact) mass is 204 g/mol. The summed E-state index contributed by atoms with van der Waals surface area (Å²) < 4.78 is 0. The van der Waals surface area contributed by atoms with Gasteiger partial charge in [-0.3, -0.25) is 4.79 Å². The van der Waals surface area contributed by atoms with Crippen LogP contribution in [0.15, 0.2) is 30.3 Å². The molecule has 3 nitrogen and oxygen atoms in total. The van der Waals surface area contributed by atoms with E-state index in [0.717, 1.165) is 5.56 Å². The molecule has 1 aromatic carbocycles. The summed E-state index contributed by atoms with van der Waals surface area (Å²) in [5, 5.41) is 8.52. The smallest absolute Gasteiger partial charge is 0.320 e. The topological polar surface area (TPSA) is 63.3 Å². The molecule has 0 bridgehead atoms. The fourth-order valence-corrected chi connectivity index (χ4v) is 0.955. The number of hydrogen-bond acceptors (Lipinski definition) is 2. The van der Waals surface area contributed by atoms with Gasteiger partial charge in [-0.05, 0) is 12.0 Å². The second-order valence-corrected chi connectivity index (χ2v) is 2.63. The number of rotatable bonds is 3. The summed E-state index contributed by atoms with van der Waals surface area (Å²) in [5.41, 5.74) is 6.30. The molecule has 1 aromatic rings. The standard InChI is InChI=1S/C9H11NO2.K/c10-8(9(11)12)6-7-4-2-1-3-5-7;/h1-5,8H,6,10H2,(H,11,12);/t8-;/m0./s1. The van der Waals surface area contributed by atoms with Crippen LogP contribution in [-0.2, 0) is 11.2 Å². The average Bonchev–Trinajstić information content (AvgIpc) is 2.06. The Morgan fingerprint density at radius 2 is 1.92 bits per heavy atom. The van der Waals surface area contributed by atoms with Gasteiger partial charge in [-0.2, -0.15) is 0 Å². The van der Waals surface area contributed by atoms with Crippen LogP contribution in [0.5, 0.6) is 0 Å². The van der Waals surface area contributed by atoms with Crippen molar-refractivity contribution in [2.75, 3.05) is 0 Å². The van der Waals surface area contributed by atoms with Crippen LogP contribution in [0, 0.1) is 0 Å². The molecule has 0 saturated heterocycles. The van der Waals surface area contributed by atoms with Gasteiger partial charge in [0.1, 0.15) is 6.04 Å². The Hall–Kier alpha value is 0.286. The molecule has 0 unspecified atom stereocenters. The molecule has 0 aliphatic rings. The molecule has 0 amide bonds. The number of carbonyl (C=O) groups is 1. The second-order valence-electron chi connectivity index (χ2n) is 2.63. The minimum Gasteiger partial charge on any atom is -0.480 e. The van der Waals surface area contributed by atoms with Gasteiger partial charge in [0.15, 0.2) is 0 Å². The van der Waals surface area contributed by atoms with Crippen molar-refractivity contribution in [3.8, 4) is 0 Å². The second kappa shape index (κ2) is 6.70. The molecule has 0 spiro atoms. The maximum atomic E-state index is 10.4. The summed E-state index contributed by atoms with van der Waals surface area (Å²) in [4.78, 5) is 10.4. The summed E-state index contributed by atoms with van der Waals surface area (Å²) >= 11 is 0. The van der Waals surface area contributed by atoms with Crippen molar-refractivity contribution in [1.29, 1.82) is 0 Å². The van der Waals surface area contributed by atoms with Crippen LogP contribution in [0.2, 0.25) is 0 Å². The first-order chi connectivity index (χ1) is 5.70. The number of aliphatic carboxylic acids is 1. The van der Waals surface area contributed by atoms with E-state index >= 15 is 0 Å². The maximum absolute atomic E-state index is 10.4. The van der Waals surface area contributed by atoms with Gasteiger partial charge in [0.05, 0.1) is 0 Å². The molecule has 3 N–H and O–H groups in total. The fraction of sp³-hybridized carbons (Fsp3) is 0.222. The van der Waals surface area contributed by atoms with Crippen molar-refractivity contribution in [3.63, 3.8) is 0 Å². The molecule has 65 valence electrons. The molecule has 1 atom stereocenters. The first-order valence-corrected chi connectivity index (χ1v) is 3.72. The molecule has 0 saturated carbocycles. The van der Waals surface area contributed by atoms with Gasteiger partial charge in [-0.25, -0.2) is 0 Å². The van der Waals surface area contributed by atoms with E-state index < -0.39 is 12.0 Å². The maximum Gasteiger partial charge on any atom is 0.320 e. The third-order valence-corrected chi connectivity index (χ3v) is 1.62. The zero-order chi connectivity index (χ0) is 8.97. The summed E-state index contributed by atoms with van der Waals surface area (Å²) in [6, 6.07) is 8.54. The van der Waals surface area contributed by atoms with E-state index in [9.17, 15) is 4.79 Å². The molecule has 4 heteroatoms. The van der Waals surface area contributed by atoms with Gasteiger partial charge in [0, 0.05) is 51.4 Å². The fourth-order valence-electron chi connectivity index (χ4n) is 0.955. The molecule has 1 rings (SSSR count). The molecule has 0 heterocycles. The Labute approximate surface area is 120 Å². The van der Waals surface area contributed by atoms with E-state index in [-0.39, 0.29) is 51.4 Å². The van der Waals surface area contributed by atoms with Crippen LogP contribution in [0.4, 0.5) is 0 Å². The van der Waals surface area contributed by atoms with Gasteiger partial charge in [0.25, 0.3) is 0 Å². The minimum atomic E-state index is -0.959. The Bertz CT molecular complexity index is 264. The van der Waals surface area contributed by atoms with Crippen LogP contribution in [-0.4, -0.2) is 68.5 Å². The van der Waals surface area contributed by atoms with Crippen molar-refractivity contribution in [2.24, 2.45) is 5.73 Å². The Morgan fingerprint density at radius 3 is 2.38 bits per heavy atom. The van der Waals surface area contributed by atoms with E-state index in [1.165, 1.54) is 0 Å². The molecular formula is C9H11KNO2. The molecule has 13 heavy (non-hydrogen) atoms. The van der Waals surface area contributed by atoms with Gasteiger partial charge in [-0.15, -0.1) is 0 Å². The summed E-state index contributed by atoms with van der Waals surface area (Å²) in [6.07, 6.45) is 0.385. The summed E-state index contributed by atoms with van der Waals surface area (Å²) in [5.74, 6) is -0.959. The molecule has 0 aliphatic carbocycles. The van der Waals surface area contributed by atoms with E-state index in [2.05, 4.69) is 0 Å². The summed E-state index contributed by atoms with van der Waals surface area (Å²) in [6.45, 7) is 0. The van der Waals surface area contributed by atoms with Crippen LogP contribution < -0.4 is 5.73 Å². The number of benzene rings is 1. The average molecular weight is 204 g/mol. The largest absolute Gasteiger partial charge is 0.480 e. The quantitative estimate of drug-likeness (QED) is 0.694. The number of hydrogen-bond donors (Lipinski definition) is 2. The molecular weight excluding hydrogens is 193 g/mol.